The molecule has 0 radical (unpaired) electrons. The third-order valence-corrected chi connectivity index (χ3v) is 1.65. The second-order valence-electron chi connectivity index (χ2n) is 3.23. The monoisotopic (exact) mass is 259 g/mol. The fourth-order valence-electron chi connectivity index (χ4n) is 0.854. The Hall–Kier alpha value is -2.05. The molecule has 0 fully saturated rings. The molecule has 0 rings (SSSR count). The zero-order valence-corrected chi connectivity index (χ0v) is 10.6. The molecule has 0 aliphatic heterocycles. The predicted molar refractivity (Wildman–Crippen MR) is 61.7 cm³/mol. The third kappa shape index (κ3) is 8.14. The largest absolute Gasteiger partial charge is 0.466 e. The second kappa shape index (κ2) is 9.03. The average Bonchev–Trinajstić information content (AvgIpc) is 2.33. The number of methoxy groups -OCH3 is 1. The molecule has 0 aliphatic rings. The van der Waals surface area contributed by atoms with E-state index in [1.165, 1.54) is 7.11 Å². The maximum Gasteiger partial charge on any atom is 0.407 e. The number of amides is 1. The standard InChI is InChI=1S/C11H17NO6/c1-4-12-11(15)18-8(2)7-17-10(14)6-5-9(13)16-3/h5-6,8H,4,7H2,1-3H3,(H,12,15)/b6-5+/t8-/m1/s1. The zero-order chi connectivity index (χ0) is 14.0. The Kier molecular flexibility index (Phi) is 8.00. The van der Waals surface area contributed by atoms with Crippen LogP contribution in [0.2, 0.25) is 0 Å². The summed E-state index contributed by atoms with van der Waals surface area (Å²) in [6, 6.07) is 0. The summed E-state index contributed by atoms with van der Waals surface area (Å²) in [4.78, 5) is 32.8. The van der Waals surface area contributed by atoms with Crippen molar-refractivity contribution in [3.63, 3.8) is 0 Å². The molecule has 0 unspecified atom stereocenters. The predicted octanol–water partition coefficient (Wildman–Crippen LogP) is 0.393. The van der Waals surface area contributed by atoms with Crippen LogP contribution in [-0.2, 0) is 23.8 Å². The number of esters is 2. The van der Waals surface area contributed by atoms with E-state index in [9.17, 15) is 14.4 Å². The van der Waals surface area contributed by atoms with Crippen LogP contribution < -0.4 is 5.32 Å². The van der Waals surface area contributed by atoms with Gasteiger partial charge in [0.2, 0.25) is 0 Å². The molecule has 102 valence electrons. The van der Waals surface area contributed by atoms with Crippen molar-refractivity contribution in [1.82, 2.24) is 5.32 Å². The van der Waals surface area contributed by atoms with Crippen molar-refractivity contribution < 1.29 is 28.6 Å². The topological polar surface area (TPSA) is 90.9 Å². The van der Waals surface area contributed by atoms with Gasteiger partial charge in [-0.15, -0.1) is 0 Å². The van der Waals surface area contributed by atoms with Crippen LogP contribution in [0.25, 0.3) is 0 Å². The van der Waals surface area contributed by atoms with Crippen LogP contribution >= 0.6 is 0 Å². The molecule has 1 N–H and O–H groups in total. The van der Waals surface area contributed by atoms with Crippen LogP contribution in [0.1, 0.15) is 13.8 Å². The highest BCUT2D eigenvalue weighted by molar-refractivity contribution is 5.91. The Morgan fingerprint density at radius 3 is 2.39 bits per heavy atom. The van der Waals surface area contributed by atoms with Gasteiger partial charge in [0, 0.05) is 18.7 Å². The van der Waals surface area contributed by atoms with Crippen molar-refractivity contribution >= 4 is 18.0 Å². The normalized spacial score (nSPS) is 11.7. The van der Waals surface area contributed by atoms with Gasteiger partial charge in [0.05, 0.1) is 7.11 Å². The first-order chi connectivity index (χ1) is 8.49. The summed E-state index contributed by atoms with van der Waals surface area (Å²) in [5.41, 5.74) is 0. The van der Waals surface area contributed by atoms with E-state index < -0.39 is 24.1 Å². The first kappa shape index (κ1) is 16.0. The fraction of sp³-hybridized carbons (Fsp3) is 0.545. The Morgan fingerprint density at radius 2 is 1.83 bits per heavy atom. The first-order valence-electron chi connectivity index (χ1n) is 5.36. The van der Waals surface area contributed by atoms with Gasteiger partial charge in [-0.25, -0.2) is 14.4 Å². The van der Waals surface area contributed by atoms with Crippen LogP contribution in [0.3, 0.4) is 0 Å². The van der Waals surface area contributed by atoms with E-state index in [1.54, 1.807) is 13.8 Å². The van der Waals surface area contributed by atoms with E-state index >= 15 is 0 Å². The molecule has 7 heteroatoms. The SMILES string of the molecule is CCNC(=O)O[C@H](C)COC(=O)/C=C/C(=O)OC. The minimum atomic E-state index is -0.716. The molecule has 0 heterocycles. The molecule has 1 atom stereocenters. The Balaban J connectivity index is 3.88. The van der Waals surface area contributed by atoms with Crippen molar-refractivity contribution in [2.45, 2.75) is 20.0 Å². The summed E-state index contributed by atoms with van der Waals surface area (Å²) in [6.45, 7) is 3.69. The summed E-state index contributed by atoms with van der Waals surface area (Å²) < 4.78 is 13.9. The van der Waals surface area contributed by atoms with Gasteiger partial charge >= 0.3 is 18.0 Å². The Bertz CT molecular complexity index is 325. The van der Waals surface area contributed by atoms with Crippen LogP contribution in [-0.4, -0.2) is 44.4 Å². The molecule has 0 aromatic rings. The number of nitrogens with one attached hydrogen (secondary N) is 1. The number of hydrogen-bond donors (Lipinski definition) is 1. The van der Waals surface area contributed by atoms with E-state index in [0.29, 0.717) is 6.54 Å². The van der Waals surface area contributed by atoms with Crippen LogP contribution in [0.4, 0.5) is 4.79 Å². The number of carbonyl (C=O) groups excluding carboxylic acids is 3. The van der Waals surface area contributed by atoms with Crippen molar-refractivity contribution in [2.75, 3.05) is 20.3 Å². The van der Waals surface area contributed by atoms with Crippen LogP contribution in [0, 0.1) is 0 Å². The molecule has 1 amide bonds. The van der Waals surface area contributed by atoms with Gasteiger partial charge in [0.1, 0.15) is 12.7 Å². The highest BCUT2D eigenvalue weighted by Gasteiger charge is 2.10. The number of carbonyl (C=O) groups is 3. The highest BCUT2D eigenvalue weighted by Crippen LogP contribution is 1.94. The lowest BCUT2D eigenvalue weighted by Gasteiger charge is -2.12. The molecule has 0 saturated carbocycles. The molecule has 0 spiro atoms. The maximum atomic E-state index is 11.1. The zero-order valence-electron chi connectivity index (χ0n) is 10.6. The summed E-state index contributed by atoms with van der Waals surface area (Å²) in [5.74, 6) is -1.37. The molecule has 0 aromatic heterocycles. The molecule has 0 bridgehead atoms. The minimum Gasteiger partial charge on any atom is -0.466 e. The summed E-state index contributed by atoms with van der Waals surface area (Å²) in [5, 5.41) is 2.43. The van der Waals surface area contributed by atoms with E-state index in [4.69, 9.17) is 9.47 Å². The number of hydrogen-bond acceptors (Lipinski definition) is 6. The van der Waals surface area contributed by atoms with E-state index in [0.717, 1.165) is 12.2 Å². The summed E-state index contributed by atoms with van der Waals surface area (Å²) in [6.07, 6.45) is 0.723. The number of alkyl carbamates (subject to hydrolysis) is 1. The van der Waals surface area contributed by atoms with Crippen molar-refractivity contribution in [3.05, 3.63) is 12.2 Å². The molecular weight excluding hydrogens is 242 g/mol. The highest BCUT2D eigenvalue weighted by atomic mass is 16.6. The van der Waals surface area contributed by atoms with Crippen LogP contribution in [0.15, 0.2) is 12.2 Å². The lowest BCUT2D eigenvalue weighted by atomic mass is 10.4. The molecular formula is C11H17NO6. The van der Waals surface area contributed by atoms with Crippen LogP contribution in [0.5, 0.6) is 0 Å². The van der Waals surface area contributed by atoms with Gasteiger partial charge in [0.15, 0.2) is 0 Å². The summed E-state index contributed by atoms with van der Waals surface area (Å²) >= 11 is 0. The molecule has 7 nitrogen and oxygen atoms in total. The van der Waals surface area contributed by atoms with Gasteiger partial charge in [-0.05, 0) is 13.8 Å². The van der Waals surface area contributed by atoms with Gasteiger partial charge in [-0.3, -0.25) is 0 Å². The minimum absolute atomic E-state index is 0.0958. The summed E-state index contributed by atoms with van der Waals surface area (Å²) in [7, 11) is 1.19. The van der Waals surface area contributed by atoms with Crippen molar-refractivity contribution in [3.8, 4) is 0 Å². The van der Waals surface area contributed by atoms with Crippen molar-refractivity contribution in [1.29, 1.82) is 0 Å². The van der Waals surface area contributed by atoms with Gasteiger partial charge in [-0.2, -0.15) is 0 Å². The average molecular weight is 259 g/mol. The van der Waals surface area contributed by atoms with E-state index in [-0.39, 0.29) is 6.61 Å². The molecule has 0 aromatic carbocycles. The molecule has 0 aliphatic carbocycles. The first-order valence-corrected chi connectivity index (χ1v) is 5.36. The van der Waals surface area contributed by atoms with Gasteiger partial charge < -0.3 is 19.5 Å². The number of rotatable bonds is 6. The smallest absolute Gasteiger partial charge is 0.407 e. The lowest BCUT2D eigenvalue weighted by Crippen LogP contribution is -2.30. The molecule has 18 heavy (non-hydrogen) atoms. The maximum absolute atomic E-state index is 11.1. The Morgan fingerprint density at radius 1 is 1.22 bits per heavy atom. The Labute approximate surface area is 105 Å². The third-order valence-electron chi connectivity index (χ3n) is 1.65. The van der Waals surface area contributed by atoms with Gasteiger partial charge in [-0.1, -0.05) is 0 Å². The van der Waals surface area contributed by atoms with E-state index in [1.807, 2.05) is 0 Å². The lowest BCUT2D eigenvalue weighted by molar-refractivity contribution is -0.141. The van der Waals surface area contributed by atoms with Gasteiger partial charge in [0.25, 0.3) is 0 Å². The second-order valence-corrected chi connectivity index (χ2v) is 3.23. The van der Waals surface area contributed by atoms with Crippen molar-refractivity contribution in [2.24, 2.45) is 0 Å². The molecule has 0 saturated heterocycles. The number of ether oxygens (including phenoxy) is 3. The quantitative estimate of drug-likeness (QED) is 0.421. The fourth-order valence-corrected chi connectivity index (χ4v) is 0.854. The van der Waals surface area contributed by atoms with E-state index in [2.05, 4.69) is 10.1 Å².